The van der Waals surface area contributed by atoms with E-state index in [-0.39, 0.29) is 5.95 Å². The standard InChI is InChI=1S/C16H16N8O/c17-15-20-8-12(9-21-15)14-5-13(11-6-18-10-19-7-11)22-16(23-14)24-1-3-25-4-2-24/h5-10H,1-4H2,(H2,17,20,21). The van der Waals surface area contributed by atoms with Crippen molar-refractivity contribution in [3.05, 3.63) is 37.2 Å². The molecule has 9 nitrogen and oxygen atoms in total. The summed E-state index contributed by atoms with van der Waals surface area (Å²) in [6.07, 6.45) is 8.24. The van der Waals surface area contributed by atoms with Crippen LogP contribution in [0, 0.1) is 0 Å². The average molecular weight is 336 g/mol. The van der Waals surface area contributed by atoms with Gasteiger partial charge >= 0.3 is 0 Å². The van der Waals surface area contributed by atoms with Gasteiger partial charge in [-0.2, -0.15) is 0 Å². The molecule has 0 unspecified atom stereocenters. The van der Waals surface area contributed by atoms with Crippen molar-refractivity contribution in [2.75, 3.05) is 36.9 Å². The number of morpholine rings is 1. The van der Waals surface area contributed by atoms with Gasteiger partial charge in [0.25, 0.3) is 0 Å². The second-order valence-electron chi connectivity index (χ2n) is 5.49. The van der Waals surface area contributed by atoms with E-state index >= 15 is 0 Å². The summed E-state index contributed by atoms with van der Waals surface area (Å²) in [6, 6.07) is 1.87. The van der Waals surface area contributed by atoms with E-state index in [1.807, 2.05) is 6.07 Å². The molecule has 0 aromatic carbocycles. The van der Waals surface area contributed by atoms with Crippen LogP contribution in [0.15, 0.2) is 37.2 Å². The highest BCUT2D eigenvalue weighted by Crippen LogP contribution is 2.25. The van der Waals surface area contributed by atoms with Gasteiger partial charge in [0.2, 0.25) is 11.9 Å². The Balaban J connectivity index is 1.81. The van der Waals surface area contributed by atoms with Crippen LogP contribution in [0.5, 0.6) is 0 Å². The van der Waals surface area contributed by atoms with E-state index in [1.54, 1.807) is 24.8 Å². The highest BCUT2D eigenvalue weighted by Gasteiger charge is 2.17. The van der Waals surface area contributed by atoms with Crippen molar-refractivity contribution in [3.63, 3.8) is 0 Å². The fourth-order valence-corrected chi connectivity index (χ4v) is 2.54. The second kappa shape index (κ2) is 6.73. The lowest BCUT2D eigenvalue weighted by molar-refractivity contribution is 0.122. The van der Waals surface area contributed by atoms with E-state index in [0.29, 0.717) is 19.2 Å². The number of rotatable bonds is 3. The lowest BCUT2D eigenvalue weighted by Gasteiger charge is -2.27. The Morgan fingerprint density at radius 1 is 0.880 bits per heavy atom. The molecule has 0 bridgehead atoms. The van der Waals surface area contributed by atoms with Crippen molar-refractivity contribution in [3.8, 4) is 22.5 Å². The Morgan fingerprint density at radius 2 is 1.48 bits per heavy atom. The van der Waals surface area contributed by atoms with Crippen molar-refractivity contribution in [1.82, 2.24) is 29.9 Å². The summed E-state index contributed by atoms with van der Waals surface area (Å²) < 4.78 is 5.41. The molecule has 0 atom stereocenters. The first-order chi connectivity index (χ1) is 12.3. The van der Waals surface area contributed by atoms with Crippen molar-refractivity contribution >= 4 is 11.9 Å². The molecule has 2 N–H and O–H groups in total. The SMILES string of the molecule is Nc1ncc(-c2cc(-c3cncnc3)nc(N3CCOCC3)n2)cn1. The van der Waals surface area contributed by atoms with Gasteiger partial charge < -0.3 is 15.4 Å². The molecule has 3 aromatic heterocycles. The number of ether oxygens (including phenoxy) is 1. The van der Waals surface area contributed by atoms with Gasteiger partial charge in [-0.3, -0.25) is 0 Å². The normalized spacial score (nSPS) is 14.5. The maximum Gasteiger partial charge on any atom is 0.226 e. The minimum absolute atomic E-state index is 0.225. The van der Waals surface area contributed by atoms with Crippen LogP contribution < -0.4 is 10.6 Å². The highest BCUT2D eigenvalue weighted by atomic mass is 16.5. The minimum Gasteiger partial charge on any atom is -0.378 e. The molecule has 3 aromatic rings. The summed E-state index contributed by atoms with van der Waals surface area (Å²) in [6.45, 7) is 2.80. The van der Waals surface area contributed by atoms with Crippen LogP contribution in [0.1, 0.15) is 0 Å². The number of nitrogen functional groups attached to an aromatic ring is 1. The van der Waals surface area contributed by atoms with Crippen LogP contribution in [0.25, 0.3) is 22.5 Å². The second-order valence-corrected chi connectivity index (χ2v) is 5.49. The number of hydrogen-bond acceptors (Lipinski definition) is 9. The smallest absolute Gasteiger partial charge is 0.226 e. The zero-order chi connectivity index (χ0) is 17.1. The van der Waals surface area contributed by atoms with Crippen molar-refractivity contribution in [2.45, 2.75) is 0 Å². The molecule has 0 saturated carbocycles. The number of nitrogens with two attached hydrogens (primary N) is 1. The first-order valence-corrected chi connectivity index (χ1v) is 7.84. The zero-order valence-electron chi connectivity index (χ0n) is 13.4. The lowest BCUT2D eigenvalue weighted by atomic mass is 10.1. The summed E-state index contributed by atoms with van der Waals surface area (Å²) in [5, 5.41) is 0. The molecule has 0 radical (unpaired) electrons. The van der Waals surface area contributed by atoms with Gasteiger partial charge in [0.1, 0.15) is 6.33 Å². The third-order valence-electron chi connectivity index (χ3n) is 3.83. The van der Waals surface area contributed by atoms with E-state index in [9.17, 15) is 0 Å². The van der Waals surface area contributed by atoms with Crippen LogP contribution in [-0.2, 0) is 4.74 Å². The molecule has 0 spiro atoms. The van der Waals surface area contributed by atoms with Gasteiger partial charge in [0.05, 0.1) is 24.6 Å². The van der Waals surface area contributed by atoms with Crippen molar-refractivity contribution < 1.29 is 4.74 Å². The molecule has 126 valence electrons. The number of nitrogens with zero attached hydrogens (tertiary/aromatic N) is 7. The van der Waals surface area contributed by atoms with E-state index in [4.69, 9.17) is 10.5 Å². The van der Waals surface area contributed by atoms with E-state index < -0.39 is 0 Å². The van der Waals surface area contributed by atoms with E-state index in [2.05, 4.69) is 34.8 Å². The highest BCUT2D eigenvalue weighted by molar-refractivity contribution is 5.68. The van der Waals surface area contributed by atoms with Gasteiger partial charge in [0, 0.05) is 49.0 Å². The molecular formula is C16H16N8O. The largest absolute Gasteiger partial charge is 0.378 e. The fraction of sp³-hybridized carbons (Fsp3) is 0.250. The Hall–Kier alpha value is -3.20. The van der Waals surface area contributed by atoms with Crippen LogP contribution in [0.4, 0.5) is 11.9 Å². The van der Waals surface area contributed by atoms with Crippen molar-refractivity contribution in [2.24, 2.45) is 0 Å². The molecule has 1 aliphatic rings. The number of hydrogen-bond donors (Lipinski definition) is 1. The van der Waals surface area contributed by atoms with Gasteiger partial charge in [0.15, 0.2) is 0 Å². The third kappa shape index (κ3) is 3.36. The maximum absolute atomic E-state index is 5.58. The van der Waals surface area contributed by atoms with Crippen LogP contribution in [0.3, 0.4) is 0 Å². The van der Waals surface area contributed by atoms with Crippen LogP contribution in [0.2, 0.25) is 0 Å². The number of aromatic nitrogens is 6. The molecule has 1 aliphatic heterocycles. The Kier molecular flexibility index (Phi) is 4.13. The van der Waals surface area contributed by atoms with Gasteiger partial charge in [-0.05, 0) is 6.07 Å². The van der Waals surface area contributed by atoms with Gasteiger partial charge in [-0.1, -0.05) is 0 Å². The topological polar surface area (TPSA) is 116 Å². The molecule has 0 amide bonds. The zero-order valence-corrected chi connectivity index (χ0v) is 13.4. The summed E-state index contributed by atoms with van der Waals surface area (Å²) >= 11 is 0. The maximum atomic E-state index is 5.58. The minimum atomic E-state index is 0.225. The summed E-state index contributed by atoms with van der Waals surface area (Å²) in [7, 11) is 0. The summed E-state index contributed by atoms with van der Waals surface area (Å²) in [4.78, 5) is 27.7. The number of anilines is 2. The first-order valence-electron chi connectivity index (χ1n) is 7.84. The fourth-order valence-electron chi connectivity index (χ4n) is 2.54. The van der Waals surface area contributed by atoms with E-state index in [1.165, 1.54) is 6.33 Å². The quantitative estimate of drug-likeness (QED) is 0.741. The Morgan fingerprint density at radius 3 is 2.12 bits per heavy atom. The molecule has 25 heavy (non-hydrogen) atoms. The molecule has 1 fully saturated rings. The van der Waals surface area contributed by atoms with Gasteiger partial charge in [-0.15, -0.1) is 0 Å². The summed E-state index contributed by atoms with van der Waals surface area (Å²) in [5.74, 6) is 0.861. The molecule has 4 heterocycles. The lowest BCUT2D eigenvalue weighted by Crippen LogP contribution is -2.37. The van der Waals surface area contributed by atoms with Gasteiger partial charge in [-0.25, -0.2) is 29.9 Å². The van der Waals surface area contributed by atoms with Crippen LogP contribution in [-0.4, -0.2) is 56.2 Å². The molecule has 4 rings (SSSR count). The Labute approximate surface area is 144 Å². The molecule has 0 aliphatic carbocycles. The predicted molar refractivity (Wildman–Crippen MR) is 91.5 cm³/mol. The predicted octanol–water partition coefficient (Wildman–Crippen LogP) is 0.809. The molecular weight excluding hydrogens is 320 g/mol. The Bertz CT molecular complexity index is 850. The van der Waals surface area contributed by atoms with Crippen molar-refractivity contribution in [1.29, 1.82) is 0 Å². The summed E-state index contributed by atoms with van der Waals surface area (Å²) in [5.41, 5.74) is 8.62. The third-order valence-corrected chi connectivity index (χ3v) is 3.83. The first kappa shape index (κ1) is 15.3. The average Bonchev–Trinajstić information content (AvgIpc) is 2.69. The molecule has 1 saturated heterocycles. The van der Waals surface area contributed by atoms with Crippen LogP contribution >= 0.6 is 0 Å². The monoisotopic (exact) mass is 336 g/mol. The van der Waals surface area contributed by atoms with E-state index in [0.717, 1.165) is 35.6 Å². The molecule has 9 heteroatoms.